The summed E-state index contributed by atoms with van der Waals surface area (Å²) in [5, 5.41) is 9.63. The van der Waals surface area contributed by atoms with Crippen LogP contribution in [-0.4, -0.2) is 11.1 Å². The van der Waals surface area contributed by atoms with E-state index in [1.54, 1.807) is 12.1 Å². The second-order valence-corrected chi connectivity index (χ2v) is 4.63. The fourth-order valence-corrected chi connectivity index (χ4v) is 2.21. The summed E-state index contributed by atoms with van der Waals surface area (Å²) in [6.07, 6.45) is 0.374. The molecular formula is C17H18O3. The number of hydrogen-bond donors (Lipinski definition) is 1. The van der Waals surface area contributed by atoms with Crippen LogP contribution < -0.4 is 0 Å². The van der Waals surface area contributed by atoms with E-state index in [0.29, 0.717) is 12.0 Å². The maximum Gasteiger partial charge on any atom is 0.340 e. The van der Waals surface area contributed by atoms with E-state index in [1.807, 2.05) is 55.5 Å². The number of carboxylic acid groups (broad SMARTS) is 1. The highest BCUT2D eigenvalue weighted by atomic mass is 16.5. The Morgan fingerprint density at radius 2 is 1.60 bits per heavy atom. The monoisotopic (exact) mass is 270 g/mol. The molecule has 1 N–H and O–H groups in total. The Kier molecular flexibility index (Phi) is 4.53. The highest BCUT2D eigenvalue weighted by Gasteiger charge is 2.39. The quantitative estimate of drug-likeness (QED) is 0.872. The topological polar surface area (TPSA) is 46.5 Å². The number of ether oxygens (including phenoxy) is 1. The van der Waals surface area contributed by atoms with Crippen molar-refractivity contribution in [2.24, 2.45) is 0 Å². The first-order valence-electron chi connectivity index (χ1n) is 6.66. The predicted molar refractivity (Wildman–Crippen MR) is 77.3 cm³/mol. The van der Waals surface area contributed by atoms with Crippen molar-refractivity contribution in [2.45, 2.75) is 25.6 Å². The molecule has 20 heavy (non-hydrogen) atoms. The van der Waals surface area contributed by atoms with Crippen LogP contribution in [0.25, 0.3) is 0 Å². The lowest BCUT2D eigenvalue weighted by Crippen LogP contribution is -2.38. The maximum atomic E-state index is 11.7. The fourth-order valence-electron chi connectivity index (χ4n) is 2.21. The molecule has 1 unspecified atom stereocenters. The third-order valence-corrected chi connectivity index (χ3v) is 3.41. The minimum absolute atomic E-state index is 0.274. The number of rotatable bonds is 6. The fraction of sp³-hybridized carbons (Fsp3) is 0.235. The molecule has 0 amide bonds. The zero-order valence-electron chi connectivity index (χ0n) is 11.5. The van der Waals surface area contributed by atoms with Crippen LogP contribution in [0, 0.1) is 0 Å². The number of carboxylic acids is 1. The third kappa shape index (κ3) is 2.89. The summed E-state index contributed by atoms with van der Waals surface area (Å²) in [4.78, 5) is 11.7. The Morgan fingerprint density at radius 1 is 1.05 bits per heavy atom. The van der Waals surface area contributed by atoms with E-state index in [1.165, 1.54) is 0 Å². The van der Waals surface area contributed by atoms with E-state index in [0.717, 1.165) is 5.56 Å². The predicted octanol–water partition coefficient (Wildman–Crippen LogP) is 3.59. The van der Waals surface area contributed by atoms with Gasteiger partial charge in [-0.25, -0.2) is 4.79 Å². The summed E-state index contributed by atoms with van der Waals surface area (Å²) < 4.78 is 5.81. The highest BCUT2D eigenvalue weighted by molar-refractivity contribution is 5.79. The van der Waals surface area contributed by atoms with Crippen LogP contribution in [0.3, 0.4) is 0 Å². The summed E-state index contributed by atoms with van der Waals surface area (Å²) in [7, 11) is 0. The van der Waals surface area contributed by atoms with Crippen molar-refractivity contribution < 1.29 is 14.6 Å². The molecular weight excluding hydrogens is 252 g/mol. The van der Waals surface area contributed by atoms with Gasteiger partial charge >= 0.3 is 5.97 Å². The van der Waals surface area contributed by atoms with E-state index in [2.05, 4.69) is 0 Å². The Labute approximate surface area is 118 Å². The normalized spacial score (nSPS) is 13.7. The molecule has 1 atom stereocenters. The number of benzene rings is 2. The zero-order valence-corrected chi connectivity index (χ0v) is 11.5. The summed E-state index contributed by atoms with van der Waals surface area (Å²) in [5.74, 6) is -0.956. The second kappa shape index (κ2) is 6.35. The minimum atomic E-state index is -1.29. The van der Waals surface area contributed by atoms with Crippen molar-refractivity contribution >= 4 is 5.97 Å². The first kappa shape index (κ1) is 14.3. The number of aliphatic carboxylic acids is 1. The maximum absolute atomic E-state index is 11.7. The summed E-state index contributed by atoms with van der Waals surface area (Å²) in [6.45, 7) is 2.10. The van der Waals surface area contributed by atoms with Gasteiger partial charge in [-0.05, 0) is 17.5 Å². The molecule has 0 bridgehead atoms. The molecule has 0 saturated carbocycles. The Morgan fingerprint density at radius 3 is 2.10 bits per heavy atom. The molecule has 2 rings (SSSR count). The van der Waals surface area contributed by atoms with E-state index in [9.17, 15) is 9.90 Å². The summed E-state index contributed by atoms with van der Waals surface area (Å²) in [6, 6.07) is 18.7. The largest absolute Gasteiger partial charge is 0.479 e. The van der Waals surface area contributed by atoms with Gasteiger partial charge in [0, 0.05) is 0 Å². The number of carbonyl (C=O) groups is 1. The van der Waals surface area contributed by atoms with Crippen LogP contribution in [0.5, 0.6) is 0 Å². The highest BCUT2D eigenvalue weighted by Crippen LogP contribution is 2.31. The summed E-state index contributed by atoms with van der Waals surface area (Å²) in [5.41, 5.74) is 0.338. The first-order valence-corrected chi connectivity index (χ1v) is 6.66. The molecule has 0 aliphatic rings. The average molecular weight is 270 g/mol. The lowest BCUT2D eigenvalue weighted by atomic mass is 9.91. The molecule has 2 aromatic carbocycles. The number of hydrogen-bond acceptors (Lipinski definition) is 2. The molecule has 0 aromatic heterocycles. The first-order chi connectivity index (χ1) is 9.69. The molecule has 0 saturated heterocycles. The SMILES string of the molecule is CCC(OCc1ccccc1)(C(=O)O)c1ccccc1. The molecule has 104 valence electrons. The van der Waals surface area contributed by atoms with Crippen molar-refractivity contribution in [1.29, 1.82) is 0 Å². The second-order valence-electron chi connectivity index (χ2n) is 4.63. The molecule has 3 nitrogen and oxygen atoms in total. The van der Waals surface area contributed by atoms with E-state index in [-0.39, 0.29) is 6.61 Å². The Hall–Kier alpha value is -2.13. The molecule has 3 heteroatoms. The molecule has 0 radical (unpaired) electrons. The van der Waals surface area contributed by atoms with Gasteiger partial charge in [0.15, 0.2) is 5.60 Å². The van der Waals surface area contributed by atoms with Crippen LogP contribution >= 0.6 is 0 Å². The standard InChI is InChI=1S/C17H18O3/c1-2-17(16(18)19,15-11-7-4-8-12-15)20-13-14-9-5-3-6-10-14/h3-12H,2,13H2,1H3,(H,18,19). The van der Waals surface area contributed by atoms with Crippen LogP contribution in [0.1, 0.15) is 24.5 Å². The van der Waals surface area contributed by atoms with Gasteiger partial charge in [-0.1, -0.05) is 67.6 Å². The molecule has 0 spiro atoms. The van der Waals surface area contributed by atoms with Crippen molar-refractivity contribution in [3.8, 4) is 0 Å². The van der Waals surface area contributed by atoms with Crippen molar-refractivity contribution in [3.63, 3.8) is 0 Å². The zero-order chi connectivity index (χ0) is 14.4. The lowest BCUT2D eigenvalue weighted by Gasteiger charge is -2.29. The van der Waals surface area contributed by atoms with Gasteiger partial charge < -0.3 is 9.84 Å². The van der Waals surface area contributed by atoms with Gasteiger partial charge in [-0.15, -0.1) is 0 Å². The molecule has 0 aliphatic carbocycles. The van der Waals surface area contributed by atoms with Gasteiger partial charge in [0.25, 0.3) is 0 Å². The van der Waals surface area contributed by atoms with Crippen molar-refractivity contribution in [3.05, 3.63) is 71.8 Å². The van der Waals surface area contributed by atoms with Crippen molar-refractivity contribution in [2.75, 3.05) is 0 Å². The minimum Gasteiger partial charge on any atom is -0.479 e. The van der Waals surface area contributed by atoms with Crippen LogP contribution in [0.15, 0.2) is 60.7 Å². The van der Waals surface area contributed by atoms with Gasteiger partial charge in [0.2, 0.25) is 0 Å². The van der Waals surface area contributed by atoms with Gasteiger partial charge in [-0.2, -0.15) is 0 Å². The smallest absolute Gasteiger partial charge is 0.340 e. The van der Waals surface area contributed by atoms with Crippen LogP contribution in [-0.2, 0) is 21.7 Å². The Bertz CT molecular complexity index is 551. The van der Waals surface area contributed by atoms with Gasteiger partial charge in [0.1, 0.15) is 0 Å². The molecule has 0 heterocycles. The lowest BCUT2D eigenvalue weighted by molar-refractivity contribution is -0.170. The van der Waals surface area contributed by atoms with Gasteiger partial charge in [0.05, 0.1) is 6.61 Å². The van der Waals surface area contributed by atoms with E-state index < -0.39 is 11.6 Å². The van der Waals surface area contributed by atoms with E-state index in [4.69, 9.17) is 4.74 Å². The Balaban J connectivity index is 2.26. The third-order valence-electron chi connectivity index (χ3n) is 3.41. The molecule has 0 fully saturated rings. The molecule has 0 aliphatic heterocycles. The van der Waals surface area contributed by atoms with Gasteiger partial charge in [-0.3, -0.25) is 0 Å². The summed E-state index contributed by atoms with van der Waals surface area (Å²) >= 11 is 0. The molecule has 2 aromatic rings. The van der Waals surface area contributed by atoms with E-state index >= 15 is 0 Å². The average Bonchev–Trinajstić information content (AvgIpc) is 2.50. The van der Waals surface area contributed by atoms with Crippen LogP contribution in [0.4, 0.5) is 0 Å². The van der Waals surface area contributed by atoms with Crippen molar-refractivity contribution in [1.82, 2.24) is 0 Å². The van der Waals surface area contributed by atoms with Crippen LogP contribution in [0.2, 0.25) is 0 Å².